The van der Waals surface area contributed by atoms with Gasteiger partial charge in [-0.1, -0.05) is 59.4 Å². The van der Waals surface area contributed by atoms with Crippen molar-refractivity contribution in [2.75, 3.05) is 57.7 Å². The van der Waals surface area contributed by atoms with Crippen molar-refractivity contribution in [3.05, 3.63) is 95.5 Å². The summed E-state index contributed by atoms with van der Waals surface area (Å²) in [5, 5.41) is 0.798. The SMILES string of the molecule is CN(C)CCCN1c2ccccc2Sc2ccc(Cl)cc21.CN(C)CN1c2ccccc2Sc2ccc(C(F)(F)F)cc21. The highest BCUT2D eigenvalue weighted by atomic mass is 35.5. The minimum Gasteiger partial charge on any atom is -0.340 e. The van der Waals surface area contributed by atoms with Crippen LogP contribution >= 0.6 is 35.1 Å². The van der Waals surface area contributed by atoms with Crippen molar-refractivity contribution in [1.82, 2.24) is 9.80 Å². The number of para-hydroxylation sites is 2. The lowest BCUT2D eigenvalue weighted by atomic mass is 10.1. The Bertz CT molecular complexity index is 1580. The molecule has 0 radical (unpaired) electrons. The maximum atomic E-state index is 13.0. The summed E-state index contributed by atoms with van der Waals surface area (Å²) in [4.78, 5) is 13.0. The standard InChI is InChI=1S/C17H19ClN2S.C16H15F3N2S/c1-19(2)10-5-11-20-14-6-3-4-7-16(14)21-17-9-8-13(18)12-15(17)20;1-20(2)10-21-12-5-3-4-6-14(12)22-15-8-7-11(9-13(15)21)16(17,18)19/h3-4,6-9,12H,5,10-11H2,1-2H3;3-9H,10H2,1-2H3. The second kappa shape index (κ2) is 13.4. The zero-order chi connectivity index (χ0) is 30.7. The third-order valence-corrected chi connectivity index (χ3v) is 9.45. The molecule has 0 N–H and O–H groups in total. The van der Waals surface area contributed by atoms with Crippen molar-refractivity contribution < 1.29 is 13.2 Å². The Kier molecular flexibility index (Phi) is 9.88. The average molecular weight is 643 g/mol. The van der Waals surface area contributed by atoms with Crippen LogP contribution in [-0.4, -0.2) is 57.7 Å². The lowest BCUT2D eigenvalue weighted by Crippen LogP contribution is -2.31. The topological polar surface area (TPSA) is 13.0 Å². The molecule has 0 amide bonds. The fourth-order valence-corrected chi connectivity index (χ4v) is 7.35. The van der Waals surface area contributed by atoms with Crippen LogP contribution in [0, 0.1) is 0 Å². The first kappa shape index (κ1) is 31.6. The minimum absolute atomic E-state index is 0.520. The number of benzene rings is 4. The van der Waals surface area contributed by atoms with Gasteiger partial charge in [-0.25, -0.2) is 0 Å². The van der Waals surface area contributed by atoms with E-state index in [2.05, 4.69) is 60.3 Å². The third kappa shape index (κ3) is 7.46. The van der Waals surface area contributed by atoms with Gasteiger partial charge >= 0.3 is 6.18 Å². The quantitative estimate of drug-likeness (QED) is 0.206. The number of anilines is 4. The van der Waals surface area contributed by atoms with Gasteiger partial charge in [-0.05, 0) is 102 Å². The van der Waals surface area contributed by atoms with Crippen LogP contribution < -0.4 is 9.80 Å². The van der Waals surface area contributed by atoms with E-state index < -0.39 is 11.7 Å². The van der Waals surface area contributed by atoms with E-state index in [4.69, 9.17) is 11.6 Å². The molecule has 2 aliphatic rings. The van der Waals surface area contributed by atoms with Crippen LogP contribution in [0.15, 0.2) is 105 Å². The van der Waals surface area contributed by atoms with Crippen molar-refractivity contribution in [3.63, 3.8) is 0 Å². The number of halogens is 4. The summed E-state index contributed by atoms with van der Waals surface area (Å²) in [7, 11) is 8.03. The molecule has 4 aromatic rings. The van der Waals surface area contributed by atoms with Crippen LogP contribution in [0.3, 0.4) is 0 Å². The molecular formula is C33H34ClF3N4S2. The number of hydrogen-bond acceptors (Lipinski definition) is 6. The summed E-state index contributed by atoms with van der Waals surface area (Å²) < 4.78 is 39.0. The lowest BCUT2D eigenvalue weighted by Gasteiger charge is -2.35. The first-order chi connectivity index (χ1) is 20.5. The van der Waals surface area contributed by atoms with Gasteiger partial charge in [0.05, 0.1) is 35.0 Å². The van der Waals surface area contributed by atoms with E-state index in [-0.39, 0.29) is 0 Å². The summed E-state index contributed by atoms with van der Waals surface area (Å²) in [6.07, 6.45) is -3.21. The molecule has 4 nitrogen and oxygen atoms in total. The summed E-state index contributed by atoms with van der Waals surface area (Å²) in [6.45, 7) is 2.61. The third-order valence-electron chi connectivity index (χ3n) is 6.95. The van der Waals surface area contributed by atoms with Crippen LogP contribution in [-0.2, 0) is 6.18 Å². The summed E-state index contributed by atoms with van der Waals surface area (Å²) in [5.41, 5.74) is 3.44. The molecule has 0 aliphatic carbocycles. The Morgan fingerprint density at radius 2 is 1.19 bits per heavy atom. The highest BCUT2D eigenvalue weighted by Gasteiger charge is 2.33. The maximum absolute atomic E-state index is 13.0. The number of nitrogens with zero attached hydrogens (tertiary/aromatic N) is 4. The molecule has 0 fully saturated rings. The highest BCUT2D eigenvalue weighted by molar-refractivity contribution is 8.00. The smallest absolute Gasteiger partial charge is 0.340 e. The molecule has 0 saturated carbocycles. The van der Waals surface area contributed by atoms with Crippen molar-refractivity contribution in [2.24, 2.45) is 0 Å². The van der Waals surface area contributed by atoms with E-state index in [1.807, 2.05) is 66.0 Å². The second-order valence-electron chi connectivity index (χ2n) is 10.9. The largest absolute Gasteiger partial charge is 0.416 e. The molecule has 0 unspecified atom stereocenters. The lowest BCUT2D eigenvalue weighted by molar-refractivity contribution is -0.137. The van der Waals surface area contributed by atoms with Crippen molar-refractivity contribution in [2.45, 2.75) is 32.2 Å². The first-order valence-electron chi connectivity index (χ1n) is 13.9. The fraction of sp³-hybridized carbons (Fsp3) is 0.273. The van der Waals surface area contributed by atoms with Crippen LogP contribution in [0.2, 0.25) is 5.02 Å². The molecule has 2 aliphatic heterocycles. The summed E-state index contributed by atoms with van der Waals surface area (Å²) in [6, 6.07) is 26.5. The molecule has 4 aromatic carbocycles. The van der Waals surface area contributed by atoms with Gasteiger partial charge < -0.3 is 14.7 Å². The van der Waals surface area contributed by atoms with Crippen molar-refractivity contribution in [3.8, 4) is 0 Å². The molecule has 0 bridgehead atoms. The highest BCUT2D eigenvalue weighted by Crippen LogP contribution is 2.50. The fourth-order valence-electron chi connectivity index (χ4n) is 5.03. The van der Waals surface area contributed by atoms with Gasteiger partial charge in [0, 0.05) is 31.1 Å². The number of fused-ring (bicyclic) bond motifs is 4. The van der Waals surface area contributed by atoms with Crippen molar-refractivity contribution in [1.29, 1.82) is 0 Å². The average Bonchev–Trinajstić information content (AvgIpc) is 2.96. The van der Waals surface area contributed by atoms with Gasteiger partial charge in [-0.2, -0.15) is 13.2 Å². The van der Waals surface area contributed by atoms with E-state index in [0.717, 1.165) is 46.1 Å². The molecule has 6 rings (SSSR count). The Balaban J connectivity index is 0.000000171. The van der Waals surface area contributed by atoms with E-state index >= 15 is 0 Å². The molecule has 0 aromatic heterocycles. The summed E-state index contributed by atoms with van der Waals surface area (Å²) in [5.74, 6) is 0. The molecular weight excluding hydrogens is 609 g/mol. The van der Waals surface area contributed by atoms with Crippen molar-refractivity contribution >= 4 is 57.9 Å². The van der Waals surface area contributed by atoms with Gasteiger partial charge in [-0.15, -0.1) is 0 Å². The number of alkyl halides is 3. The first-order valence-corrected chi connectivity index (χ1v) is 15.9. The Labute approximate surface area is 265 Å². The van der Waals surface area contributed by atoms with E-state index in [0.29, 0.717) is 12.4 Å². The predicted molar refractivity (Wildman–Crippen MR) is 175 cm³/mol. The van der Waals surface area contributed by atoms with Crippen LogP contribution in [0.1, 0.15) is 12.0 Å². The van der Waals surface area contributed by atoms with E-state index in [1.54, 1.807) is 6.07 Å². The Morgan fingerprint density at radius 3 is 1.77 bits per heavy atom. The number of rotatable bonds is 6. The molecule has 0 atom stereocenters. The van der Waals surface area contributed by atoms with Gasteiger partial charge in [-0.3, -0.25) is 4.90 Å². The number of hydrogen-bond donors (Lipinski definition) is 0. The molecule has 43 heavy (non-hydrogen) atoms. The summed E-state index contributed by atoms with van der Waals surface area (Å²) >= 11 is 9.54. The second-order valence-corrected chi connectivity index (χ2v) is 13.5. The molecule has 0 spiro atoms. The van der Waals surface area contributed by atoms with Gasteiger partial charge in [0.1, 0.15) is 0 Å². The minimum atomic E-state index is -4.33. The Morgan fingerprint density at radius 1 is 0.651 bits per heavy atom. The zero-order valence-corrected chi connectivity index (χ0v) is 26.9. The molecule has 226 valence electrons. The van der Waals surface area contributed by atoms with E-state index in [9.17, 15) is 13.2 Å². The van der Waals surface area contributed by atoms with Crippen LogP contribution in [0.25, 0.3) is 0 Å². The van der Waals surface area contributed by atoms with Gasteiger partial charge in [0.2, 0.25) is 0 Å². The predicted octanol–water partition coefficient (Wildman–Crippen LogP) is 9.72. The van der Waals surface area contributed by atoms with Gasteiger partial charge in [0.25, 0.3) is 0 Å². The van der Waals surface area contributed by atoms with Gasteiger partial charge in [0.15, 0.2) is 0 Å². The monoisotopic (exact) mass is 642 g/mol. The van der Waals surface area contributed by atoms with E-state index in [1.165, 1.54) is 39.0 Å². The maximum Gasteiger partial charge on any atom is 0.416 e. The Hall–Kier alpha value is -2.82. The molecule has 0 saturated heterocycles. The van der Waals surface area contributed by atoms with Crippen LogP contribution in [0.5, 0.6) is 0 Å². The zero-order valence-electron chi connectivity index (χ0n) is 24.5. The molecule has 2 heterocycles. The van der Waals surface area contributed by atoms with Crippen LogP contribution in [0.4, 0.5) is 35.9 Å². The normalized spacial score (nSPS) is 13.6. The molecule has 10 heteroatoms.